The number of nitrogens with zero attached hydrogens (tertiary/aromatic N) is 1. The normalized spacial score (nSPS) is 27.3. The molecular weight excluding hydrogens is 311 g/mol. The van der Waals surface area contributed by atoms with Gasteiger partial charge in [0.2, 0.25) is 5.91 Å². The van der Waals surface area contributed by atoms with Crippen molar-refractivity contribution in [3.05, 3.63) is 35.9 Å². The molecule has 1 aliphatic heterocycles. The van der Waals surface area contributed by atoms with E-state index in [4.69, 9.17) is 0 Å². The maximum Gasteiger partial charge on any atom is 0.219 e. The quantitative estimate of drug-likeness (QED) is 0.658. The van der Waals surface area contributed by atoms with E-state index < -0.39 is 24.4 Å². The van der Waals surface area contributed by atoms with Crippen molar-refractivity contribution in [1.29, 1.82) is 0 Å². The number of alkyl halides is 1. The second-order valence-electron chi connectivity index (χ2n) is 6.24. The summed E-state index contributed by atoms with van der Waals surface area (Å²) in [5.74, 6) is -0.130. The summed E-state index contributed by atoms with van der Waals surface area (Å²) in [6.07, 6.45) is -0.722. The van der Waals surface area contributed by atoms with Crippen molar-refractivity contribution in [2.45, 2.75) is 50.5 Å². The topological polar surface area (TPSA) is 72.8 Å². The van der Waals surface area contributed by atoms with Crippen LogP contribution in [0.15, 0.2) is 30.3 Å². The molecular formula is C18H27FN2O3. The Balaban J connectivity index is 1.96. The lowest BCUT2D eigenvalue weighted by Gasteiger charge is -2.29. The first-order chi connectivity index (χ1) is 11.6. The van der Waals surface area contributed by atoms with Gasteiger partial charge < -0.3 is 15.5 Å². The zero-order valence-corrected chi connectivity index (χ0v) is 14.1. The van der Waals surface area contributed by atoms with Gasteiger partial charge in [0.15, 0.2) is 0 Å². The molecule has 1 fully saturated rings. The van der Waals surface area contributed by atoms with E-state index in [2.05, 4.69) is 5.32 Å². The van der Waals surface area contributed by atoms with Gasteiger partial charge in [0.1, 0.15) is 12.3 Å². The lowest BCUT2D eigenvalue weighted by molar-refractivity contribution is -0.121. The molecule has 1 aromatic carbocycles. The fourth-order valence-corrected chi connectivity index (χ4v) is 3.29. The molecule has 0 saturated carbocycles. The Morgan fingerprint density at radius 1 is 1.29 bits per heavy atom. The number of hydrogen-bond donors (Lipinski definition) is 3. The van der Waals surface area contributed by atoms with Crippen molar-refractivity contribution in [2.24, 2.45) is 0 Å². The van der Waals surface area contributed by atoms with E-state index in [-0.39, 0.29) is 19.1 Å². The van der Waals surface area contributed by atoms with Gasteiger partial charge in [0, 0.05) is 13.0 Å². The lowest BCUT2D eigenvalue weighted by atomic mass is 10.1. The van der Waals surface area contributed by atoms with Gasteiger partial charge in [-0.05, 0) is 24.9 Å². The van der Waals surface area contributed by atoms with E-state index >= 15 is 0 Å². The van der Waals surface area contributed by atoms with Crippen molar-refractivity contribution < 1.29 is 19.4 Å². The molecule has 134 valence electrons. The number of benzene rings is 1. The molecule has 24 heavy (non-hydrogen) atoms. The Morgan fingerprint density at radius 2 is 2.00 bits per heavy atom. The molecule has 5 nitrogen and oxygen atoms in total. The summed E-state index contributed by atoms with van der Waals surface area (Å²) < 4.78 is 14.3. The number of aliphatic hydroxyl groups excluding tert-OH is 2. The highest BCUT2D eigenvalue weighted by Crippen LogP contribution is 2.27. The molecule has 1 amide bonds. The number of carbonyl (C=O) groups is 1. The highest BCUT2D eigenvalue weighted by atomic mass is 19.1. The molecule has 0 aromatic heterocycles. The van der Waals surface area contributed by atoms with Gasteiger partial charge in [0.05, 0.1) is 18.7 Å². The minimum Gasteiger partial charge on any atom is -0.395 e. The highest BCUT2D eigenvalue weighted by Gasteiger charge is 2.47. The number of likely N-dealkylation sites (tertiary alicyclic amines) is 1. The van der Waals surface area contributed by atoms with Crippen LogP contribution >= 0.6 is 0 Å². The lowest BCUT2D eigenvalue weighted by Crippen LogP contribution is -2.47. The number of halogens is 1. The molecule has 1 aromatic rings. The van der Waals surface area contributed by atoms with E-state index in [1.54, 1.807) is 11.8 Å². The van der Waals surface area contributed by atoms with Crippen LogP contribution in [0, 0.1) is 0 Å². The number of aliphatic hydroxyl groups is 2. The van der Waals surface area contributed by atoms with E-state index in [9.17, 15) is 19.4 Å². The van der Waals surface area contributed by atoms with Gasteiger partial charge in [-0.3, -0.25) is 9.69 Å². The van der Waals surface area contributed by atoms with Crippen LogP contribution in [0.4, 0.5) is 4.39 Å². The Kier molecular flexibility index (Phi) is 7.15. The van der Waals surface area contributed by atoms with E-state index in [0.717, 1.165) is 12.8 Å². The third-order valence-corrected chi connectivity index (χ3v) is 4.68. The van der Waals surface area contributed by atoms with Crippen molar-refractivity contribution in [3.63, 3.8) is 0 Å². The van der Waals surface area contributed by atoms with Crippen LogP contribution in [0.5, 0.6) is 0 Å². The molecule has 4 atom stereocenters. The van der Waals surface area contributed by atoms with Crippen LogP contribution in [0.25, 0.3) is 0 Å². The summed E-state index contributed by atoms with van der Waals surface area (Å²) in [6.45, 7) is 2.15. The molecule has 2 rings (SSSR count). The SMILES string of the molecule is CCC(=O)NC[C@@H]1[C@@H](O)[C@H](F)[C@@H](CO)N1CCCc1ccccc1. The smallest absolute Gasteiger partial charge is 0.219 e. The maximum absolute atomic E-state index is 14.3. The Hall–Kier alpha value is -1.50. The van der Waals surface area contributed by atoms with Crippen molar-refractivity contribution in [3.8, 4) is 0 Å². The molecule has 0 aliphatic carbocycles. The van der Waals surface area contributed by atoms with Crippen molar-refractivity contribution >= 4 is 5.91 Å². The monoisotopic (exact) mass is 338 g/mol. The number of carbonyl (C=O) groups excluding carboxylic acids is 1. The first kappa shape index (κ1) is 18.8. The zero-order chi connectivity index (χ0) is 17.5. The molecule has 1 aliphatic rings. The molecule has 3 N–H and O–H groups in total. The number of rotatable bonds is 8. The van der Waals surface area contributed by atoms with Gasteiger partial charge in [0.25, 0.3) is 0 Å². The minimum atomic E-state index is -1.50. The van der Waals surface area contributed by atoms with Gasteiger partial charge in [-0.1, -0.05) is 37.3 Å². The summed E-state index contributed by atoms with van der Waals surface area (Å²) >= 11 is 0. The van der Waals surface area contributed by atoms with Crippen LogP contribution in [-0.4, -0.2) is 65.1 Å². The number of aryl methyl sites for hydroxylation is 1. The molecule has 1 heterocycles. The molecule has 0 bridgehead atoms. The van der Waals surface area contributed by atoms with Crippen LogP contribution in [0.2, 0.25) is 0 Å². The van der Waals surface area contributed by atoms with Crippen molar-refractivity contribution in [1.82, 2.24) is 10.2 Å². The zero-order valence-electron chi connectivity index (χ0n) is 14.1. The first-order valence-electron chi connectivity index (χ1n) is 8.57. The fraction of sp³-hybridized carbons (Fsp3) is 0.611. The van der Waals surface area contributed by atoms with E-state index in [1.165, 1.54) is 5.56 Å². The van der Waals surface area contributed by atoms with Crippen LogP contribution < -0.4 is 5.32 Å². The maximum atomic E-state index is 14.3. The van der Waals surface area contributed by atoms with Gasteiger partial charge >= 0.3 is 0 Å². The molecule has 0 unspecified atom stereocenters. The number of amides is 1. The average molecular weight is 338 g/mol. The number of hydrogen-bond acceptors (Lipinski definition) is 4. The van der Waals surface area contributed by atoms with E-state index in [0.29, 0.717) is 13.0 Å². The molecule has 0 radical (unpaired) electrons. The van der Waals surface area contributed by atoms with Crippen LogP contribution in [0.1, 0.15) is 25.3 Å². The Bertz CT molecular complexity index is 514. The molecule has 6 heteroatoms. The number of nitrogens with one attached hydrogen (secondary N) is 1. The predicted octanol–water partition coefficient (Wildman–Crippen LogP) is 0.889. The largest absolute Gasteiger partial charge is 0.395 e. The highest BCUT2D eigenvalue weighted by molar-refractivity contribution is 5.75. The fourth-order valence-electron chi connectivity index (χ4n) is 3.29. The summed E-state index contributed by atoms with van der Waals surface area (Å²) in [6, 6.07) is 8.77. The minimum absolute atomic E-state index is 0.130. The standard InChI is InChI=1S/C18H27FN2O3/c1-2-16(23)20-11-14-18(24)17(19)15(12-22)21(14)10-6-9-13-7-4-3-5-8-13/h3-5,7-8,14-15,17-18,22,24H,2,6,9-12H2,1H3,(H,20,23)/t14-,15-,17-,18-/m1/s1. The predicted molar refractivity (Wildman–Crippen MR) is 90.3 cm³/mol. The van der Waals surface area contributed by atoms with Crippen LogP contribution in [-0.2, 0) is 11.2 Å². The molecule has 1 saturated heterocycles. The summed E-state index contributed by atoms with van der Waals surface area (Å²) in [7, 11) is 0. The van der Waals surface area contributed by atoms with Gasteiger partial charge in [-0.15, -0.1) is 0 Å². The summed E-state index contributed by atoms with van der Waals surface area (Å²) in [5, 5.41) is 22.4. The summed E-state index contributed by atoms with van der Waals surface area (Å²) in [5.41, 5.74) is 1.20. The van der Waals surface area contributed by atoms with Gasteiger partial charge in [-0.2, -0.15) is 0 Å². The Morgan fingerprint density at radius 3 is 2.62 bits per heavy atom. The third kappa shape index (κ3) is 4.53. The molecule has 0 spiro atoms. The first-order valence-corrected chi connectivity index (χ1v) is 8.57. The third-order valence-electron chi connectivity index (χ3n) is 4.68. The second-order valence-corrected chi connectivity index (χ2v) is 6.24. The van der Waals surface area contributed by atoms with Gasteiger partial charge in [-0.25, -0.2) is 4.39 Å². The average Bonchev–Trinajstić information content (AvgIpc) is 2.84. The summed E-state index contributed by atoms with van der Waals surface area (Å²) in [4.78, 5) is 13.3. The second kappa shape index (κ2) is 9.11. The van der Waals surface area contributed by atoms with Crippen molar-refractivity contribution in [2.75, 3.05) is 19.7 Å². The van der Waals surface area contributed by atoms with Crippen LogP contribution in [0.3, 0.4) is 0 Å². The van der Waals surface area contributed by atoms with E-state index in [1.807, 2.05) is 30.3 Å². The Labute approximate surface area is 142 Å².